The maximum absolute atomic E-state index is 13.4. The lowest BCUT2D eigenvalue weighted by Gasteiger charge is -2.21. The minimum absolute atomic E-state index is 0.0950. The lowest BCUT2D eigenvalue weighted by Crippen LogP contribution is -2.32. The SMILES string of the molecule is CCN(CC)CCn1c2ccccc2n2c(C(=O)C3CCNCC3)c(C)nc12. The largest absolute Gasteiger partial charge is 0.317 e. The van der Waals surface area contributed by atoms with Crippen molar-refractivity contribution >= 4 is 22.6 Å². The number of imidazole rings is 2. The Balaban J connectivity index is 1.81. The van der Waals surface area contributed by atoms with Gasteiger partial charge < -0.3 is 14.8 Å². The highest BCUT2D eigenvalue weighted by molar-refractivity contribution is 6.00. The standard InChI is InChI=1S/C22H31N5O/c1-4-25(5-2)14-15-26-18-8-6-7-9-19(18)27-20(16(3)24-22(26)27)21(28)17-10-12-23-13-11-17/h6-9,17,23H,4-5,10-15H2,1-3H3. The van der Waals surface area contributed by atoms with Crippen molar-refractivity contribution in [1.82, 2.24) is 24.2 Å². The molecule has 1 saturated heterocycles. The molecule has 1 fully saturated rings. The van der Waals surface area contributed by atoms with Gasteiger partial charge in [-0.3, -0.25) is 9.20 Å². The fourth-order valence-corrected chi connectivity index (χ4v) is 4.48. The van der Waals surface area contributed by atoms with Crippen LogP contribution >= 0.6 is 0 Å². The van der Waals surface area contributed by atoms with Crippen molar-refractivity contribution in [2.24, 2.45) is 5.92 Å². The summed E-state index contributed by atoms with van der Waals surface area (Å²) in [6.45, 7) is 12.1. The minimum Gasteiger partial charge on any atom is -0.317 e. The van der Waals surface area contributed by atoms with Crippen LogP contribution in [0.15, 0.2) is 24.3 Å². The van der Waals surface area contributed by atoms with Gasteiger partial charge in [0.15, 0.2) is 5.78 Å². The molecular weight excluding hydrogens is 350 g/mol. The third-order valence-corrected chi connectivity index (χ3v) is 6.17. The Bertz CT molecular complexity index is 976. The van der Waals surface area contributed by atoms with E-state index in [1.54, 1.807) is 0 Å². The number of carbonyl (C=O) groups is 1. The molecule has 0 amide bonds. The van der Waals surface area contributed by atoms with Crippen LogP contribution in [-0.4, -0.2) is 57.4 Å². The molecule has 0 atom stereocenters. The van der Waals surface area contributed by atoms with E-state index in [1.165, 1.54) is 0 Å². The Labute approximate surface area is 166 Å². The van der Waals surface area contributed by atoms with Gasteiger partial charge in [-0.25, -0.2) is 4.98 Å². The number of piperidine rings is 1. The summed E-state index contributed by atoms with van der Waals surface area (Å²) in [4.78, 5) is 20.7. The van der Waals surface area contributed by atoms with Crippen molar-refractivity contribution < 1.29 is 4.79 Å². The number of nitrogens with zero attached hydrogens (tertiary/aromatic N) is 4. The van der Waals surface area contributed by atoms with Gasteiger partial charge in [-0.2, -0.15) is 0 Å². The van der Waals surface area contributed by atoms with E-state index in [9.17, 15) is 4.79 Å². The van der Waals surface area contributed by atoms with Gasteiger partial charge in [0.1, 0.15) is 5.69 Å². The Hall–Kier alpha value is -2.18. The number of likely N-dealkylation sites (N-methyl/N-ethyl adjacent to an activating group) is 1. The van der Waals surface area contributed by atoms with Crippen molar-refractivity contribution in [2.45, 2.75) is 40.2 Å². The van der Waals surface area contributed by atoms with Gasteiger partial charge >= 0.3 is 0 Å². The molecule has 1 aliphatic rings. The van der Waals surface area contributed by atoms with Gasteiger partial charge in [-0.05, 0) is 58.1 Å². The van der Waals surface area contributed by atoms with Crippen LogP contribution < -0.4 is 5.32 Å². The van der Waals surface area contributed by atoms with Gasteiger partial charge in [0.25, 0.3) is 0 Å². The van der Waals surface area contributed by atoms with Crippen LogP contribution in [0.2, 0.25) is 0 Å². The van der Waals surface area contributed by atoms with Crippen LogP contribution in [0.1, 0.15) is 42.9 Å². The van der Waals surface area contributed by atoms with Gasteiger partial charge in [-0.1, -0.05) is 26.0 Å². The lowest BCUT2D eigenvalue weighted by atomic mass is 9.91. The molecule has 4 rings (SSSR count). The summed E-state index contributed by atoms with van der Waals surface area (Å²) in [7, 11) is 0. The normalized spacial score (nSPS) is 15.9. The van der Waals surface area contributed by atoms with Crippen molar-refractivity contribution in [2.75, 3.05) is 32.7 Å². The number of hydrogen-bond donors (Lipinski definition) is 1. The van der Waals surface area contributed by atoms with Gasteiger partial charge in [-0.15, -0.1) is 0 Å². The predicted octanol–water partition coefficient (Wildman–Crippen LogP) is 3.12. The number of rotatable bonds is 7. The molecular formula is C22H31N5O. The average Bonchev–Trinajstić information content (AvgIpc) is 3.22. The molecule has 150 valence electrons. The highest BCUT2D eigenvalue weighted by atomic mass is 16.1. The van der Waals surface area contributed by atoms with Crippen LogP contribution in [0.4, 0.5) is 0 Å². The van der Waals surface area contributed by atoms with Crippen LogP contribution in [0.3, 0.4) is 0 Å². The molecule has 0 unspecified atom stereocenters. The van der Waals surface area contributed by atoms with E-state index in [4.69, 9.17) is 4.98 Å². The van der Waals surface area contributed by atoms with E-state index in [-0.39, 0.29) is 11.7 Å². The van der Waals surface area contributed by atoms with E-state index in [0.29, 0.717) is 0 Å². The van der Waals surface area contributed by atoms with E-state index >= 15 is 0 Å². The first-order valence-corrected chi connectivity index (χ1v) is 10.6. The van der Waals surface area contributed by atoms with Crippen molar-refractivity contribution in [3.05, 3.63) is 35.7 Å². The molecule has 2 aromatic heterocycles. The molecule has 0 aliphatic carbocycles. The second kappa shape index (κ2) is 8.05. The number of ketones is 1. The number of fused-ring (bicyclic) bond motifs is 3. The molecule has 0 spiro atoms. The molecule has 6 heteroatoms. The maximum Gasteiger partial charge on any atom is 0.215 e. The summed E-state index contributed by atoms with van der Waals surface area (Å²) in [5, 5.41) is 3.36. The van der Waals surface area contributed by atoms with E-state index in [0.717, 1.165) is 80.3 Å². The summed E-state index contributed by atoms with van der Waals surface area (Å²) >= 11 is 0. The second-order valence-electron chi connectivity index (χ2n) is 7.74. The smallest absolute Gasteiger partial charge is 0.215 e. The first kappa shape index (κ1) is 19.2. The third-order valence-electron chi connectivity index (χ3n) is 6.17. The fourth-order valence-electron chi connectivity index (χ4n) is 4.48. The summed E-state index contributed by atoms with van der Waals surface area (Å²) in [5.74, 6) is 1.24. The van der Waals surface area contributed by atoms with Crippen molar-refractivity contribution in [3.8, 4) is 0 Å². The number of carbonyl (C=O) groups excluding carboxylic acids is 1. The van der Waals surface area contributed by atoms with E-state index < -0.39 is 0 Å². The first-order valence-electron chi connectivity index (χ1n) is 10.6. The number of nitrogens with one attached hydrogen (secondary N) is 1. The second-order valence-corrected chi connectivity index (χ2v) is 7.74. The first-order chi connectivity index (χ1) is 13.7. The molecule has 1 N–H and O–H groups in total. The summed E-state index contributed by atoms with van der Waals surface area (Å²) in [5.41, 5.74) is 3.85. The molecule has 0 saturated carbocycles. The highest BCUT2D eigenvalue weighted by Gasteiger charge is 2.29. The number of aryl methyl sites for hydroxylation is 1. The molecule has 1 aliphatic heterocycles. The zero-order valence-electron chi connectivity index (χ0n) is 17.2. The number of benzene rings is 1. The predicted molar refractivity (Wildman–Crippen MR) is 113 cm³/mol. The summed E-state index contributed by atoms with van der Waals surface area (Å²) in [6, 6.07) is 8.36. The minimum atomic E-state index is 0.0950. The lowest BCUT2D eigenvalue weighted by molar-refractivity contribution is 0.0888. The van der Waals surface area contributed by atoms with Crippen molar-refractivity contribution in [1.29, 1.82) is 0 Å². The van der Waals surface area contributed by atoms with E-state index in [1.807, 2.05) is 13.0 Å². The zero-order valence-corrected chi connectivity index (χ0v) is 17.2. The van der Waals surface area contributed by atoms with Gasteiger partial charge in [0, 0.05) is 19.0 Å². The molecule has 6 nitrogen and oxygen atoms in total. The zero-order chi connectivity index (χ0) is 19.7. The average molecular weight is 382 g/mol. The van der Waals surface area contributed by atoms with Crippen LogP contribution in [0.25, 0.3) is 16.8 Å². The molecule has 0 bridgehead atoms. The van der Waals surface area contributed by atoms with Gasteiger partial charge in [0.2, 0.25) is 5.78 Å². The fraction of sp³-hybridized carbons (Fsp3) is 0.545. The van der Waals surface area contributed by atoms with Gasteiger partial charge in [0.05, 0.1) is 16.7 Å². The molecule has 3 heterocycles. The number of hydrogen-bond acceptors (Lipinski definition) is 4. The molecule has 28 heavy (non-hydrogen) atoms. The number of Topliss-reactive ketones (excluding diaryl/α,β-unsaturated/α-hetero) is 1. The van der Waals surface area contributed by atoms with Crippen LogP contribution in [-0.2, 0) is 6.54 Å². The van der Waals surface area contributed by atoms with E-state index in [2.05, 4.69) is 51.2 Å². The molecule has 0 radical (unpaired) electrons. The van der Waals surface area contributed by atoms with Crippen molar-refractivity contribution in [3.63, 3.8) is 0 Å². The Kier molecular flexibility index (Phi) is 5.51. The number of aromatic nitrogens is 3. The highest BCUT2D eigenvalue weighted by Crippen LogP contribution is 2.27. The monoisotopic (exact) mass is 381 g/mol. The number of para-hydroxylation sites is 2. The Morgan fingerprint density at radius 2 is 1.86 bits per heavy atom. The van der Waals surface area contributed by atoms with Crippen LogP contribution in [0.5, 0.6) is 0 Å². The Morgan fingerprint density at radius 3 is 2.54 bits per heavy atom. The quantitative estimate of drug-likeness (QED) is 0.639. The molecule has 3 aromatic rings. The topological polar surface area (TPSA) is 54.6 Å². The van der Waals surface area contributed by atoms with Crippen LogP contribution in [0, 0.1) is 12.8 Å². The maximum atomic E-state index is 13.4. The Morgan fingerprint density at radius 1 is 1.18 bits per heavy atom. The summed E-state index contributed by atoms with van der Waals surface area (Å²) < 4.78 is 4.39. The molecule has 1 aromatic carbocycles. The third kappa shape index (κ3) is 3.25. The summed E-state index contributed by atoms with van der Waals surface area (Å²) in [6.07, 6.45) is 1.82.